The summed E-state index contributed by atoms with van der Waals surface area (Å²) in [5.74, 6) is -0.302. The van der Waals surface area contributed by atoms with Crippen molar-refractivity contribution in [2.75, 3.05) is 11.1 Å². The molecule has 1 aromatic carbocycles. The Morgan fingerprint density at radius 2 is 2.00 bits per heavy atom. The van der Waals surface area contributed by atoms with Gasteiger partial charge in [0.2, 0.25) is 0 Å². The number of nitrogen functional groups attached to an aromatic ring is 1. The van der Waals surface area contributed by atoms with E-state index in [1.54, 1.807) is 24.3 Å². The summed E-state index contributed by atoms with van der Waals surface area (Å²) in [5.41, 5.74) is 6.44. The van der Waals surface area contributed by atoms with E-state index in [4.69, 9.17) is 28.9 Å². The van der Waals surface area contributed by atoms with Crippen LogP contribution in [-0.4, -0.2) is 5.91 Å². The van der Waals surface area contributed by atoms with Crippen molar-refractivity contribution < 1.29 is 4.79 Å². The van der Waals surface area contributed by atoms with E-state index < -0.39 is 0 Å². The lowest BCUT2D eigenvalue weighted by Crippen LogP contribution is -2.13. The van der Waals surface area contributed by atoms with Crippen molar-refractivity contribution in [1.29, 1.82) is 0 Å². The zero-order chi connectivity index (χ0) is 12.4. The first-order valence-electron chi connectivity index (χ1n) is 4.68. The maximum absolute atomic E-state index is 11.9. The molecular weight excluding hydrogens is 279 g/mol. The maximum atomic E-state index is 11.9. The van der Waals surface area contributed by atoms with Gasteiger partial charge in [-0.1, -0.05) is 23.2 Å². The SMILES string of the molecule is Nc1ccc(Cl)cc1C(=O)Nc1ccc(Cl)s1. The van der Waals surface area contributed by atoms with E-state index in [2.05, 4.69) is 5.32 Å². The zero-order valence-electron chi connectivity index (χ0n) is 8.54. The first kappa shape index (κ1) is 12.2. The molecule has 88 valence electrons. The highest BCUT2D eigenvalue weighted by Gasteiger charge is 2.11. The highest BCUT2D eigenvalue weighted by atomic mass is 35.5. The molecule has 0 saturated heterocycles. The summed E-state index contributed by atoms with van der Waals surface area (Å²) >= 11 is 12.9. The Morgan fingerprint density at radius 3 is 2.65 bits per heavy atom. The fourth-order valence-corrected chi connectivity index (χ4v) is 2.40. The van der Waals surface area contributed by atoms with Gasteiger partial charge in [-0.05, 0) is 30.3 Å². The van der Waals surface area contributed by atoms with Crippen molar-refractivity contribution >= 4 is 51.1 Å². The average molecular weight is 287 g/mol. The van der Waals surface area contributed by atoms with Crippen LogP contribution in [0.4, 0.5) is 10.7 Å². The van der Waals surface area contributed by atoms with E-state index in [1.165, 1.54) is 17.4 Å². The fraction of sp³-hybridized carbons (Fsp3) is 0. The molecule has 3 nitrogen and oxygen atoms in total. The third-order valence-electron chi connectivity index (χ3n) is 2.07. The maximum Gasteiger partial charge on any atom is 0.258 e. The number of amides is 1. The van der Waals surface area contributed by atoms with Gasteiger partial charge in [0.25, 0.3) is 5.91 Å². The molecule has 0 unspecified atom stereocenters. The largest absolute Gasteiger partial charge is 0.398 e. The summed E-state index contributed by atoms with van der Waals surface area (Å²) < 4.78 is 0.611. The van der Waals surface area contributed by atoms with Crippen LogP contribution < -0.4 is 11.1 Å². The first-order valence-corrected chi connectivity index (χ1v) is 6.25. The molecule has 2 aromatic rings. The molecular formula is C11H8Cl2N2OS. The van der Waals surface area contributed by atoms with Crippen LogP contribution in [0, 0.1) is 0 Å². The zero-order valence-corrected chi connectivity index (χ0v) is 10.9. The minimum absolute atomic E-state index is 0.302. The number of nitrogens with two attached hydrogens (primary N) is 1. The molecule has 0 saturated carbocycles. The number of anilines is 2. The molecule has 2 rings (SSSR count). The monoisotopic (exact) mass is 286 g/mol. The summed E-state index contributed by atoms with van der Waals surface area (Å²) in [6.07, 6.45) is 0. The molecule has 0 atom stereocenters. The number of benzene rings is 1. The van der Waals surface area contributed by atoms with Crippen molar-refractivity contribution in [1.82, 2.24) is 0 Å². The van der Waals surface area contributed by atoms with Crippen LogP contribution in [0.3, 0.4) is 0 Å². The molecule has 17 heavy (non-hydrogen) atoms. The quantitative estimate of drug-likeness (QED) is 0.823. The summed E-state index contributed by atoms with van der Waals surface area (Å²) in [6.45, 7) is 0. The summed E-state index contributed by atoms with van der Waals surface area (Å²) in [4.78, 5) is 11.9. The highest BCUT2D eigenvalue weighted by molar-refractivity contribution is 7.20. The van der Waals surface area contributed by atoms with Gasteiger partial charge in [-0.25, -0.2) is 0 Å². The van der Waals surface area contributed by atoms with Crippen LogP contribution >= 0.6 is 34.5 Å². The minimum atomic E-state index is -0.302. The lowest BCUT2D eigenvalue weighted by atomic mass is 10.1. The second kappa shape index (κ2) is 4.96. The van der Waals surface area contributed by atoms with Crippen LogP contribution in [-0.2, 0) is 0 Å². The second-order valence-corrected chi connectivity index (χ2v) is 5.44. The Labute approximate surface area is 112 Å². The van der Waals surface area contributed by atoms with Gasteiger partial charge in [0.05, 0.1) is 14.9 Å². The molecule has 1 heterocycles. The van der Waals surface area contributed by atoms with Gasteiger partial charge >= 0.3 is 0 Å². The Kier molecular flexibility index (Phi) is 3.57. The van der Waals surface area contributed by atoms with Gasteiger partial charge in [0.1, 0.15) is 0 Å². The Bertz CT molecular complexity index is 568. The van der Waals surface area contributed by atoms with Crippen LogP contribution in [0.25, 0.3) is 0 Å². The number of carbonyl (C=O) groups excluding carboxylic acids is 1. The van der Waals surface area contributed by atoms with E-state index in [0.29, 0.717) is 25.6 Å². The molecule has 1 amide bonds. The number of halogens is 2. The van der Waals surface area contributed by atoms with Crippen LogP contribution in [0.15, 0.2) is 30.3 Å². The topological polar surface area (TPSA) is 55.1 Å². The van der Waals surface area contributed by atoms with Gasteiger partial charge < -0.3 is 11.1 Å². The first-order chi connectivity index (χ1) is 8.06. The fourth-order valence-electron chi connectivity index (χ4n) is 1.29. The van der Waals surface area contributed by atoms with Gasteiger partial charge in [-0.3, -0.25) is 4.79 Å². The van der Waals surface area contributed by atoms with Crippen LogP contribution in [0.1, 0.15) is 10.4 Å². The lowest BCUT2D eigenvalue weighted by Gasteiger charge is -2.05. The van der Waals surface area contributed by atoms with Gasteiger partial charge in [-0.15, -0.1) is 11.3 Å². The van der Waals surface area contributed by atoms with Crippen molar-refractivity contribution in [2.24, 2.45) is 0 Å². The van der Waals surface area contributed by atoms with Gasteiger partial charge in [0.15, 0.2) is 0 Å². The standard InChI is InChI=1S/C11H8Cl2N2OS/c12-6-1-2-8(14)7(5-6)11(16)15-10-4-3-9(13)17-10/h1-5H,14H2,(H,15,16). The van der Waals surface area contributed by atoms with E-state index in [0.717, 1.165) is 0 Å². The Morgan fingerprint density at radius 1 is 1.24 bits per heavy atom. The number of nitrogens with one attached hydrogen (secondary N) is 1. The van der Waals surface area contributed by atoms with Crippen molar-refractivity contribution in [3.63, 3.8) is 0 Å². The van der Waals surface area contributed by atoms with E-state index in [-0.39, 0.29) is 5.91 Å². The van der Waals surface area contributed by atoms with Crippen molar-refractivity contribution in [3.8, 4) is 0 Å². The number of rotatable bonds is 2. The normalized spacial score (nSPS) is 10.2. The van der Waals surface area contributed by atoms with Gasteiger partial charge in [-0.2, -0.15) is 0 Å². The van der Waals surface area contributed by atoms with E-state index in [9.17, 15) is 4.79 Å². The lowest BCUT2D eigenvalue weighted by molar-refractivity contribution is 0.102. The summed E-state index contributed by atoms with van der Waals surface area (Å²) in [5, 5.41) is 3.84. The Hall–Kier alpha value is -1.23. The van der Waals surface area contributed by atoms with Gasteiger partial charge in [0, 0.05) is 10.7 Å². The highest BCUT2D eigenvalue weighted by Crippen LogP contribution is 2.27. The number of thiophene rings is 1. The molecule has 0 fully saturated rings. The molecule has 1 aromatic heterocycles. The molecule has 0 radical (unpaired) electrons. The molecule has 0 bridgehead atoms. The molecule has 0 spiro atoms. The minimum Gasteiger partial charge on any atom is -0.398 e. The Balaban J connectivity index is 2.22. The van der Waals surface area contributed by atoms with Crippen molar-refractivity contribution in [2.45, 2.75) is 0 Å². The van der Waals surface area contributed by atoms with E-state index in [1.807, 2.05) is 0 Å². The molecule has 0 aliphatic heterocycles. The number of carbonyl (C=O) groups is 1. The second-order valence-electron chi connectivity index (χ2n) is 3.29. The van der Waals surface area contributed by atoms with E-state index >= 15 is 0 Å². The predicted molar refractivity (Wildman–Crippen MR) is 73.1 cm³/mol. The summed E-state index contributed by atoms with van der Waals surface area (Å²) in [7, 11) is 0. The predicted octanol–water partition coefficient (Wildman–Crippen LogP) is 3.89. The number of hydrogen-bond donors (Lipinski definition) is 2. The molecule has 0 aliphatic rings. The molecule has 0 aliphatic carbocycles. The van der Waals surface area contributed by atoms with Crippen LogP contribution in [0.2, 0.25) is 9.36 Å². The van der Waals surface area contributed by atoms with Crippen molar-refractivity contribution in [3.05, 3.63) is 45.3 Å². The third kappa shape index (κ3) is 2.91. The smallest absolute Gasteiger partial charge is 0.258 e. The van der Waals surface area contributed by atoms with Crippen LogP contribution in [0.5, 0.6) is 0 Å². The average Bonchev–Trinajstić information content (AvgIpc) is 2.67. The third-order valence-corrected chi connectivity index (χ3v) is 3.45. The number of hydrogen-bond acceptors (Lipinski definition) is 3. The molecule has 6 heteroatoms. The molecule has 3 N–H and O–H groups in total. The summed E-state index contributed by atoms with van der Waals surface area (Å²) in [6, 6.07) is 8.20.